The zero-order chi connectivity index (χ0) is 25.6. The van der Waals surface area contributed by atoms with Crippen molar-refractivity contribution in [3.8, 4) is 0 Å². The predicted octanol–water partition coefficient (Wildman–Crippen LogP) is 2.47. The van der Waals surface area contributed by atoms with Crippen molar-refractivity contribution in [1.82, 2.24) is 4.90 Å². The second-order valence-electron chi connectivity index (χ2n) is 9.58. The molecule has 190 valence electrons. The van der Waals surface area contributed by atoms with Gasteiger partial charge >= 0.3 is 27.1 Å². The van der Waals surface area contributed by atoms with Crippen molar-refractivity contribution < 1.29 is 52.1 Å². The summed E-state index contributed by atoms with van der Waals surface area (Å²) < 4.78 is 45.2. The van der Waals surface area contributed by atoms with Gasteiger partial charge in [-0.3, -0.25) is 27.8 Å². The minimum atomic E-state index is -5.52. The molecule has 0 aliphatic rings. The van der Waals surface area contributed by atoms with E-state index in [2.05, 4.69) is 0 Å². The maximum atomic E-state index is 13.4. The molecule has 0 saturated carbocycles. The third kappa shape index (κ3) is 9.19. The van der Waals surface area contributed by atoms with Crippen molar-refractivity contribution in [1.29, 1.82) is 0 Å². The van der Waals surface area contributed by atoms with Crippen molar-refractivity contribution in [3.63, 3.8) is 0 Å². The Morgan fingerprint density at radius 2 is 1.22 bits per heavy atom. The minimum absolute atomic E-state index is 0.00881. The van der Waals surface area contributed by atoms with E-state index in [9.17, 15) is 33.6 Å². The third-order valence-electron chi connectivity index (χ3n) is 4.07. The lowest BCUT2D eigenvalue weighted by molar-refractivity contribution is -0.162. The summed E-state index contributed by atoms with van der Waals surface area (Å²) in [5.41, 5.74) is -1.89. The molecule has 0 aliphatic heterocycles. The fraction of sp³-hybridized carbons (Fsp3) is 0.889. The van der Waals surface area contributed by atoms with E-state index in [4.69, 9.17) is 18.5 Å². The lowest BCUT2D eigenvalue weighted by Crippen LogP contribution is -2.34. The molecule has 1 atom stereocenters. The van der Waals surface area contributed by atoms with E-state index in [1.165, 1.54) is 0 Å². The van der Waals surface area contributed by atoms with Gasteiger partial charge in [0.25, 0.3) is 5.08 Å². The van der Waals surface area contributed by atoms with Crippen LogP contribution in [0.15, 0.2) is 0 Å². The molecule has 0 aromatic rings. The van der Waals surface area contributed by atoms with E-state index in [0.717, 1.165) is 0 Å². The summed E-state index contributed by atoms with van der Waals surface area (Å²) in [6, 6.07) is 0. The van der Waals surface area contributed by atoms with Crippen molar-refractivity contribution in [2.24, 2.45) is 10.8 Å². The molecule has 0 bridgehead atoms. The molecule has 0 rings (SSSR count). The Balaban J connectivity index is 5.80. The Kier molecular flexibility index (Phi) is 11.2. The highest BCUT2D eigenvalue weighted by Gasteiger charge is 2.62. The van der Waals surface area contributed by atoms with Gasteiger partial charge in [-0.15, -0.1) is 0 Å². The third-order valence-corrected chi connectivity index (χ3v) is 8.74. The standard InChI is InChI=1S/C18H37NO11P2/c1-16(2,3)14(20)27-12-29-32(26,30-13-28-15(21)17(4,5)6)18(22,31(23,24)25)10-9-11-19(7)8/h22H,9-13H2,1-8H3,(H2,23,24,25). The second kappa shape index (κ2) is 11.5. The largest absolute Gasteiger partial charge is 0.438 e. The summed E-state index contributed by atoms with van der Waals surface area (Å²) in [5, 5.41) is 7.59. The van der Waals surface area contributed by atoms with Gasteiger partial charge in [-0.1, -0.05) is 0 Å². The fourth-order valence-corrected chi connectivity index (χ4v) is 5.43. The van der Waals surface area contributed by atoms with Crippen LogP contribution < -0.4 is 0 Å². The molecule has 14 heteroatoms. The molecule has 0 saturated heterocycles. The van der Waals surface area contributed by atoms with Gasteiger partial charge in [0.1, 0.15) is 0 Å². The number of esters is 2. The van der Waals surface area contributed by atoms with Crippen molar-refractivity contribution in [3.05, 3.63) is 0 Å². The van der Waals surface area contributed by atoms with Crippen molar-refractivity contribution in [2.45, 2.75) is 59.5 Å². The van der Waals surface area contributed by atoms with E-state index >= 15 is 0 Å². The summed E-state index contributed by atoms with van der Waals surface area (Å²) in [7, 11) is -7.25. The number of rotatable bonds is 12. The van der Waals surface area contributed by atoms with Gasteiger partial charge in [-0.05, 0) is 68.6 Å². The van der Waals surface area contributed by atoms with Crippen LogP contribution >= 0.6 is 15.2 Å². The number of ether oxygens (including phenoxy) is 2. The molecule has 0 heterocycles. The van der Waals surface area contributed by atoms with Gasteiger partial charge in [0, 0.05) is 6.42 Å². The van der Waals surface area contributed by atoms with Crippen LogP contribution in [0.3, 0.4) is 0 Å². The molecule has 0 aliphatic carbocycles. The Labute approximate surface area is 189 Å². The van der Waals surface area contributed by atoms with Gasteiger partial charge in [0.2, 0.25) is 13.6 Å². The van der Waals surface area contributed by atoms with Crippen LogP contribution in [0.25, 0.3) is 0 Å². The van der Waals surface area contributed by atoms with E-state index in [1.807, 2.05) is 0 Å². The maximum Gasteiger partial charge on any atom is 0.380 e. The second-order valence-corrected chi connectivity index (χ2v) is 14.0. The van der Waals surface area contributed by atoms with Gasteiger partial charge < -0.3 is 29.3 Å². The minimum Gasteiger partial charge on any atom is -0.438 e. The molecule has 0 radical (unpaired) electrons. The molecule has 0 spiro atoms. The van der Waals surface area contributed by atoms with Crippen molar-refractivity contribution >= 4 is 27.1 Å². The first kappa shape index (κ1) is 31.2. The highest BCUT2D eigenvalue weighted by atomic mass is 31.2. The molecule has 0 amide bonds. The summed E-state index contributed by atoms with van der Waals surface area (Å²) in [6.45, 7) is 7.53. The smallest absolute Gasteiger partial charge is 0.380 e. The highest BCUT2D eigenvalue weighted by molar-refractivity contribution is 7.72. The lowest BCUT2D eigenvalue weighted by atomic mass is 9.98. The summed E-state index contributed by atoms with van der Waals surface area (Å²) in [5.74, 6) is -1.51. The van der Waals surface area contributed by atoms with E-state index < -0.39 is 63.1 Å². The average molecular weight is 505 g/mol. The zero-order valence-electron chi connectivity index (χ0n) is 20.0. The monoisotopic (exact) mass is 505 g/mol. The Hall–Kier alpha value is -0.840. The quantitative estimate of drug-likeness (QED) is 0.201. The summed E-state index contributed by atoms with van der Waals surface area (Å²) in [4.78, 5) is 45.2. The number of aliphatic hydroxyl groups is 1. The van der Waals surface area contributed by atoms with E-state index in [-0.39, 0.29) is 6.42 Å². The molecule has 0 aromatic heterocycles. The summed E-state index contributed by atoms with van der Waals surface area (Å²) in [6.07, 6.45) is -0.665. The van der Waals surface area contributed by atoms with Crippen LogP contribution in [0.1, 0.15) is 54.4 Å². The van der Waals surface area contributed by atoms with Gasteiger partial charge in [0.05, 0.1) is 10.8 Å². The lowest BCUT2D eigenvalue weighted by Gasteiger charge is -2.35. The molecule has 32 heavy (non-hydrogen) atoms. The topological polar surface area (TPSA) is 169 Å². The molecule has 1 unspecified atom stereocenters. The Morgan fingerprint density at radius 3 is 1.50 bits per heavy atom. The van der Waals surface area contributed by atoms with Crippen LogP contribution in [0, 0.1) is 10.8 Å². The van der Waals surface area contributed by atoms with Crippen LogP contribution in [0.2, 0.25) is 0 Å². The molecule has 0 fully saturated rings. The van der Waals surface area contributed by atoms with Crippen LogP contribution in [0.4, 0.5) is 0 Å². The fourth-order valence-electron chi connectivity index (χ4n) is 2.05. The number of nitrogens with zero attached hydrogens (tertiary/aromatic N) is 1. The number of carbonyl (C=O) groups excluding carboxylic acids is 2. The highest BCUT2D eigenvalue weighted by Crippen LogP contribution is 2.74. The van der Waals surface area contributed by atoms with Crippen LogP contribution in [0.5, 0.6) is 0 Å². The van der Waals surface area contributed by atoms with Gasteiger partial charge in [0.15, 0.2) is 0 Å². The number of hydrogen-bond donors (Lipinski definition) is 3. The Morgan fingerprint density at radius 1 is 0.844 bits per heavy atom. The normalized spacial score (nSPS) is 15.4. The molecular weight excluding hydrogens is 468 g/mol. The maximum absolute atomic E-state index is 13.4. The zero-order valence-corrected chi connectivity index (χ0v) is 21.8. The first-order valence-electron chi connectivity index (χ1n) is 9.84. The number of hydrogen-bond acceptors (Lipinski definition) is 10. The van der Waals surface area contributed by atoms with Crippen LogP contribution in [-0.4, -0.2) is 71.0 Å². The summed E-state index contributed by atoms with van der Waals surface area (Å²) >= 11 is 0. The van der Waals surface area contributed by atoms with Gasteiger partial charge in [-0.2, -0.15) is 0 Å². The van der Waals surface area contributed by atoms with E-state index in [1.54, 1.807) is 60.5 Å². The van der Waals surface area contributed by atoms with Crippen LogP contribution in [-0.2, 0) is 37.2 Å². The molecular formula is C18H37NO11P2. The van der Waals surface area contributed by atoms with Crippen molar-refractivity contribution in [2.75, 3.05) is 34.2 Å². The predicted molar refractivity (Wildman–Crippen MR) is 115 cm³/mol. The number of carbonyl (C=O) groups is 2. The SMILES string of the molecule is CN(C)CCCC(O)(P(=O)(O)O)P(=O)(OCOC(=O)C(C)(C)C)OCOC(=O)C(C)(C)C. The Bertz CT molecular complexity index is 700. The van der Waals surface area contributed by atoms with E-state index in [0.29, 0.717) is 6.54 Å². The molecule has 0 aromatic carbocycles. The molecule has 3 N–H and O–H groups in total. The first-order chi connectivity index (χ1) is 14.2. The van der Waals surface area contributed by atoms with Gasteiger partial charge in [-0.25, -0.2) is 0 Å². The average Bonchev–Trinajstić information content (AvgIpc) is 2.58. The molecule has 12 nitrogen and oxygen atoms in total. The first-order valence-corrected chi connectivity index (χ1v) is 13.0.